The monoisotopic (exact) mass is 225 g/mol. The van der Waals surface area contributed by atoms with Crippen molar-refractivity contribution in [1.29, 1.82) is 0 Å². The Labute approximate surface area is 99.2 Å². The van der Waals surface area contributed by atoms with E-state index in [4.69, 9.17) is 0 Å². The minimum absolute atomic E-state index is 0.107. The first-order valence-electron chi connectivity index (χ1n) is 5.18. The fraction of sp³-hybridized carbons (Fsp3) is 0. The molecule has 0 spiro atoms. The van der Waals surface area contributed by atoms with Gasteiger partial charge in [-0.3, -0.25) is 10.1 Å². The van der Waals surface area contributed by atoms with E-state index < -0.39 is 0 Å². The fourth-order valence-corrected chi connectivity index (χ4v) is 1.61. The summed E-state index contributed by atoms with van der Waals surface area (Å²) in [6.07, 6.45) is 1.76. The van der Waals surface area contributed by atoms with Gasteiger partial charge in [-0.15, -0.1) is 0 Å². The van der Waals surface area contributed by atoms with Crippen LogP contribution in [0, 0.1) is 10.1 Å². The van der Waals surface area contributed by atoms with E-state index in [0.717, 1.165) is 16.7 Å². The van der Waals surface area contributed by atoms with Crippen molar-refractivity contribution in [3.63, 3.8) is 0 Å². The summed E-state index contributed by atoms with van der Waals surface area (Å²) in [4.78, 5) is 10.3. The van der Waals surface area contributed by atoms with Crippen molar-refractivity contribution in [3.05, 3.63) is 70.8 Å². The zero-order valence-corrected chi connectivity index (χ0v) is 9.17. The largest absolute Gasteiger partial charge is 0.270 e. The molecule has 0 aliphatic heterocycles. The topological polar surface area (TPSA) is 43.1 Å². The molecule has 0 N–H and O–H groups in total. The normalized spacial score (nSPS) is 9.88. The highest BCUT2D eigenvalue weighted by atomic mass is 16.6. The molecule has 0 amide bonds. The summed E-state index contributed by atoms with van der Waals surface area (Å²) in [5.74, 6) is 0. The summed E-state index contributed by atoms with van der Waals surface area (Å²) in [7, 11) is 0. The number of benzene rings is 2. The van der Waals surface area contributed by atoms with Crippen molar-refractivity contribution in [1.82, 2.24) is 0 Å². The van der Waals surface area contributed by atoms with E-state index in [-0.39, 0.29) is 10.6 Å². The predicted octanol–water partition coefficient (Wildman–Crippen LogP) is 3.90. The Morgan fingerprint density at radius 1 is 1.06 bits per heavy atom. The highest BCUT2D eigenvalue weighted by Gasteiger charge is 2.06. The molecule has 0 unspecified atom stereocenters. The molecule has 84 valence electrons. The molecular formula is C14H11NO2. The van der Waals surface area contributed by atoms with Crippen LogP contribution in [-0.2, 0) is 0 Å². The first kappa shape index (κ1) is 11.1. The fourth-order valence-electron chi connectivity index (χ4n) is 1.61. The molecule has 17 heavy (non-hydrogen) atoms. The Kier molecular flexibility index (Phi) is 3.01. The van der Waals surface area contributed by atoms with E-state index in [1.54, 1.807) is 18.2 Å². The second-order valence-corrected chi connectivity index (χ2v) is 3.63. The SMILES string of the molecule is C=Cc1ccc(-c2cccc([N+](=O)[O-])c2)cc1. The minimum Gasteiger partial charge on any atom is -0.258 e. The first-order chi connectivity index (χ1) is 8.20. The quantitative estimate of drug-likeness (QED) is 0.587. The van der Waals surface area contributed by atoms with Crippen LogP contribution in [0.5, 0.6) is 0 Å². The molecule has 0 fully saturated rings. The summed E-state index contributed by atoms with van der Waals surface area (Å²) in [6, 6.07) is 14.3. The molecular weight excluding hydrogens is 214 g/mol. The third-order valence-corrected chi connectivity index (χ3v) is 2.54. The maximum atomic E-state index is 10.7. The summed E-state index contributed by atoms with van der Waals surface area (Å²) in [6.45, 7) is 3.68. The van der Waals surface area contributed by atoms with Crippen LogP contribution >= 0.6 is 0 Å². The molecule has 0 atom stereocenters. The van der Waals surface area contributed by atoms with Crippen molar-refractivity contribution < 1.29 is 4.92 Å². The molecule has 3 heteroatoms. The summed E-state index contributed by atoms with van der Waals surface area (Å²) >= 11 is 0. The van der Waals surface area contributed by atoms with Gasteiger partial charge in [0.1, 0.15) is 0 Å². The second-order valence-electron chi connectivity index (χ2n) is 3.63. The Hall–Kier alpha value is -2.42. The number of hydrogen-bond donors (Lipinski definition) is 0. The van der Waals surface area contributed by atoms with E-state index in [9.17, 15) is 10.1 Å². The summed E-state index contributed by atoms with van der Waals surface area (Å²) < 4.78 is 0. The Morgan fingerprint density at radius 3 is 2.35 bits per heavy atom. The van der Waals surface area contributed by atoms with Crippen molar-refractivity contribution in [2.24, 2.45) is 0 Å². The molecule has 2 rings (SSSR count). The van der Waals surface area contributed by atoms with Gasteiger partial charge in [0.05, 0.1) is 4.92 Å². The predicted molar refractivity (Wildman–Crippen MR) is 68.6 cm³/mol. The number of non-ortho nitro benzene ring substituents is 1. The minimum atomic E-state index is -0.387. The van der Waals surface area contributed by atoms with Crippen LogP contribution < -0.4 is 0 Å². The lowest BCUT2D eigenvalue weighted by atomic mass is 10.0. The third-order valence-electron chi connectivity index (χ3n) is 2.54. The highest BCUT2D eigenvalue weighted by molar-refractivity contribution is 5.67. The van der Waals surface area contributed by atoms with Crippen molar-refractivity contribution >= 4 is 11.8 Å². The first-order valence-corrected chi connectivity index (χ1v) is 5.18. The van der Waals surface area contributed by atoms with E-state index in [1.807, 2.05) is 30.3 Å². The summed E-state index contributed by atoms with van der Waals surface area (Å²) in [5.41, 5.74) is 2.93. The van der Waals surface area contributed by atoms with E-state index in [0.29, 0.717) is 0 Å². The molecule has 2 aromatic carbocycles. The van der Waals surface area contributed by atoms with Gasteiger partial charge in [-0.25, -0.2) is 0 Å². The van der Waals surface area contributed by atoms with Crippen molar-refractivity contribution in [3.8, 4) is 11.1 Å². The van der Waals surface area contributed by atoms with Crippen LogP contribution in [0.1, 0.15) is 5.56 Å². The van der Waals surface area contributed by atoms with Crippen LogP contribution in [0.15, 0.2) is 55.1 Å². The van der Waals surface area contributed by atoms with Gasteiger partial charge in [-0.1, -0.05) is 49.1 Å². The highest BCUT2D eigenvalue weighted by Crippen LogP contribution is 2.24. The van der Waals surface area contributed by atoms with Gasteiger partial charge in [0.25, 0.3) is 5.69 Å². The van der Waals surface area contributed by atoms with Crippen LogP contribution in [0.3, 0.4) is 0 Å². The van der Waals surface area contributed by atoms with E-state index >= 15 is 0 Å². The standard InChI is InChI=1S/C14H11NO2/c1-2-11-6-8-12(9-7-11)13-4-3-5-14(10-13)15(16)17/h2-10H,1H2. The third kappa shape index (κ3) is 2.39. The van der Waals surface area contributed by atoms with E-state index in [1.165, 1.54) is 6.07 Å². The zero-order chi connectivity index (χ0) is 12.3. The van der Waals surface area contributed by atoms with Crippen LogP contribution in [-0.4, -0.2) is 4.92 Å². The Balaban J connectivity index is 2.41. The van der Waals surface area contributed by atoms with Gasteiger partial charge >= 0.3 is 0 Å². The van der Waals surface area contributed by atoms with Gasteiger partial charge in [0.15, 0.2) is 0 Å². The average Bonchev–Trinajstić information content (AvgIpc) is 2.39. The molecule has 0 radical (unpaired) electrons. The lowest BCUT2D eigenvalue weighted by Gasteiger charge is -2.02. The molecule has 3 nitrogen and oxygen atoms in total. The number of hydrogen-bond acceptors (Lipinski definition) is 2. The smallest absolute Gasteiger partial charge is 0.258 e. The zero-order valence-electron chi connectivity index (χ0n) is 9.17. The number of rotatable bonds is 3. The van der Waals surface area contributed by atoms with Crippen LogP contribution in [0.25, 0.3) is 17.2 Å². The molecule has 0 aliphatic rings. The lowest BCUT2D eigenvalue weighted by molar-refractivity contribution is -0.384. The molecule has 0 heterocycles. The maximum Gasteiger partial charge on any atom is 0.270 e. The van der Waals surface area contributed by atoms with Gasteiger partial charge in [0.2, 0.25) is 0 Å². The molecule has 0 bridgehead atoms. The van der Waals surface area contributed by atoms with Gasteiger partial charge in [-0.2, -0.15) is 0 Å². The van der Waals surface area contributed by atoms with Crippen LogP contribution in [0.4, 0.5) is 5.69 Å². The van der Waals surface area contributed by atoms with Gasteiger partial charge in [-0.05, 0) is 16.7 Å². The van der Waals surface area contributed by atoms with Crippen molar-refractivity contribution in [2.75, 3.05) is 0 Å². The van der Waals surface area contributed by atoms with Gasteiger partial charge < -0.3 is 0 Å². The van der Waals surface area contributed by atoms with Crippen molar-refractivity contribution in [2.45, 2.75) is 0 Å². The van der Waals surface area contributed by atoms with E-state index in [2.05, 4.69) is 6.58 Å². The Bertz CT molecular complexity index is 559. The molecule has 0 saturated heterocycles. The number of nitrogens with zero attached hydrogens (tertiary/aromatic N) is 1. The lowest BCUT2D eigenvalue weighted by Crippen LogP contribution is -1.88. The molecule has 0 aromatic heterocycles. The number of nitro groups is 1. The molecule has 0 saturated carbocycles. The average molecular weight is 225 g/mol. The van der Waals surface area contributed by atoms with Gasteiger partial charge in [0, 0.05) is 12.1 Å². The maximum absolute atomic E-state index is 10.7. The molecule has 0 aliphatic carbocycles. The number of nitro benzene ring substituents is 1. The molecule has 2 aromatic rings. The summed E-state index contributed by atoms with van der Waals surface area (Å²) in [5, 5.41) is 10.7. The van der Waals surface area contributed by atoms with Crippen LogP contribution in [0.2, 0.25) is 0 Å². The second kappa shape index (κ2) is 4.61. The Morgan fingerprint density at radius 2 is 1.76 bits per heavy atom.